The molecule has 0 amide bonds. The molecular formula is C88H109BrI2N2O15. The van der Waals surface area contributed by atoms with Crippen LogP contribution in [0.2, 0.25) is 0 Å². The minimum absolute atomic E-state index is 0.0412. The van der Waals surface area contributed by atoms with Gasteiger partial charge in [0.05, 0.1) is 13.1 Å². The minimum atomic E-state index is -0.579. The first kappa shape index (κ1) is 95.4. The number of esters is 4. The van der Waals surface area contributed by atoms with Crippen molar-refractivity contribution in [3.8, 4) is 28.7 Å². The quantitative estimate of drug-likeness (QED) is 0.0104. The molecule has 0 unspecified atom stereocenters. The number of hydrogen-bond acceptors (Lipinski definition) is 17. The predicted octanol–water partition coefficient (Wildman–Crippen LogP) is 19.5. The van der Waals surface area contributed by atoms with Gasteiger partial charge in [-0.15, -0.1) is 0 Å². The summed E-state index contributed by atoms with van der Waals surface area (Å²) >= 11 is 7.82. The Labute approximate surface area is 676 Å². The molecule has 8 rings (SSSR count). The minimum Gasteiger partial charge on any atom is -0.508 e. The van der Waals surface area contributed by atoms with Crippen LogP contribution in [0, 0.1) is 7.14 Å². The van der Waals surface area contributed by atoms with Gasteiger partial charge in [0.2, 0.25) is 0 Å². The van der Waals surface area contributed by atoms with E-state index < -0.39 is 22.4 Å². The van der Waals surface area contributed by atoms with E-state index in [1.165, 1.54) is 27.7 Å². The van der Waals surface area contributed by atoms with Gasteiger partial charge in [-0.1, -0.05) is 150 Å². The molecule has 0 aromatic heterocycles. The molecule has 4 N–H and O–H groups in total. The van der Waals surface area contributed by atoms with Crippen LogP contribution in [0.1, 0.15) is 149 Å². The fourth-order valence-corrected chi connectivity index (χ4v) is 9.69. The number of ether oxygens (including phenoxy) is 6. The van der Waals surface area contributed by atoms with Crippen LogP contribution >= 0.6 is 61.1 Å². The average molecular weight is 1770 g/mol. The highest BCUT2D eigenvalue weighted by Gasteiger charge is 2.21. The lowest BCUT2D eigenvalue weighted by atomic mass is 10.0. The van der Waals surface area contributed by atoms with Crippen molar-refractivity contribution in [1.29, 1.82) is 0 Å². The van der Waals surface area contributed by atoms with Gasteiger partial charge in [0, 0.05) is 62.7 Å². The number of nitrogens with zero attached hydrogens (tertiary/aromatic N) is 1. The maximum absolute atomic E-state index is 12.3. The van der Waals surface area contributed by atoms with Gasteiger partial charge in [-0.05, 0) is 273 Å². The molecule has 0 heterocycles. The van der Waals surface area contributed by atoms with E-state index in [9.17, 15) is 33.9 Å². The molecule has 0 bridgehead atoms. The number of alkyl halides is 1. The van der Waals surface area contributed by atoms with Gasteiger partial charge in [0.1, 0.15) is 75.9 Å². The number of halogens is 3. The number of aryl methyl sites for hydroxylation is 2. The number of benzene rings is 8. The Bertz CT molecular complexity index is 3910. The molecule has 0 aliphatic rings. The van der Waals surface area contributed by atoms with Crippen LogP contribution in [-0.2, 0) is 85.6 Å². The smallest absolute Gasteiger partial charge is 0.331 e. The lowest BCUT2D eigenvalue weighted by Gasteiger charge is -2.25. The van der Waals surface area contributed by atoms with Gasteiger partial charge in [-0.2, -0.15) is 0 Å². The summed E-state index contributed by atoms with van der Waals surface area (Å²) in [6, 6.07) is 65.3. The van der Waals surface area contributed by atoms with Gasteiger partial charge in [0.25, 0.3) is 0 Å². The number of phenolic OH excluding ortho intramolecular Hbond substituents is 3. The first-order valence-electron chi connectivity index (χ1n) is 35.2. The summed E-state index contributed by atoms with van der Waals surface area (Å²) in [5, 5.41) is 32.1. The molecule has 0 radical (unpaired) electrons. The third-order valence-electron chi connectivity index (χ3n) is 13.4. The monoisotopic (exact) mass is 1770 g/mol. The highest BCUT2D eigenvalue weighted by atomic mass is 127. The first-order valence-corrected chi connectivity index (χ1v) is 38.5. The second-order valence-corrected chi connectivity index (χ2v) is 31.4. The van der Waals surface area contributed by atoms with Crippen LogP contribution in [0.25, 0.3) is 6.08 Å². The van der Waals surface area contributed by atoms with Crippen LogP contribution in [0.15, 0.2) is 225 Å². The van der Waals surface area contributed by atoms with Crippen LogP contribution in [0.4, 0.5) is 0 Å². The van der Waals surface area contributed by atoms with E-state index in [1.54, 1.807) is 61.5 Å². The van der Waals surface area contributed by atoms with Gasteiger partial charge < -0.3 is 53.9 Å². The van der Waals surface area contributed by atoms with E-state index in [0.29, 0.717) is 69.8 Å². The Morgan fingerprint density at radius 1 is 0.481 bits per heavy atom. The molecule has 0 saturated carbocycles. The maximum atomic E-state index is 12.3. The SMILES string of the molecule is BrCc1ccccc1.C=CC(=O)OC(C)(C)C.CC(=O)CCc1ccc(O)c(CN(CCNCC(C)=O)CC(=O)OC(C)(C)C)c1.CC(C)(C)OC(=O)/C=C\c1ccc(OCc2ccccc2)cc1.CC(C)(C)OC(=O)CCc1ccc(O)cc1.Ic1ccc(OCc2ccccc2)cc1.Oc1ccc(I)cc1. The number of rotatable bonds is 25. The zero-order valence-corrected chi connectivity index (χ0v) is 70.8. The molecule has 108 heavy (non-hydrogen) atoms. The number of ketones is 2. The van der Waals surface area contributed by atoms with Gasteiger partial charge in [0.15, 0.2) is 0 Å². The zero-order valence-electron chi connectivity index (χ0n) is 64.9. The van der Waals surface area contributed by atoms with Crippen LogP contribution in [0.5, 0.6) is 28.7 Å². The van der Waals surface area contributed by atoms with Crippen molar-refractivity contribution in [1.82, 2.24) is 10.2 Å². The molecule has 0 spiro atoms. The van der Waals surface area contributed by atoms with Crippen LogP contribution in [0.3, 0.4) is 0 Å². The third kappa shape index (κ3) is 51.6. The van der Waals surface area contributed by atoms with E-state index in [4.69, 9.17) is 38.6 Å². The summed E-state index contributed by atoms with van der Waals surface area (Å²) in [6.45, 7) is 31.2. The number of carbonyl (C=O) groups excluding carboxylic acids is 6. The third-order valence-corrected chi connectivity index (χ3v) is 15.5. The number of aromatic hydroxyl groups is 3. The second kappa shape index (κ2) is 51.6. The lowest BCUT2D eigenvalue weighted by Crippen LogP contribution is -2.39. The van der Waals surface area contributed by atoms with Crippen molar-refractivity contribution in [2.45, 2.75) is 170 Å². The van der Waals surface area contributed by atoms with Gasteiger partial charge in [-0.25, -0.2) is 9.59 Å². The van der Waals surface area contributed by atoms with Crippen molar-refractivity contribution in [3.05, 3.63) is 271 Å². The Morgan fingerprint density at radius 3 is 1.31 bits per heavy atom. The summed E-state index contributed by atoms with van der Waals surface area (Å²) in [5.41, 5.74) is 5.34. The molecule has 0 aliphatic heterocycles. The molecular weight excluding hydrogens is 1660 g/mol. The fraction of sp³-hybridized carbons (Fsp3) is 0.341. The van der Waals surface area contributed by atoms with Crippen molar-refractivity contribution < 1.29 is 72.5 Å². The summed E-state index contributed by atoms with van der Waals surface area (Å²) < 4.78 is 34.4. The highest BCUT2D eigenvalue weighted by Crippen LogP contribution is 2.23. The zero-order chi connectivity index (χ0) is 80.7. The number of nitrogens with one attached hydrogen (secondary N) is 1. The largest absolute Gasteiger partial charge is 0.508 e. The Balaban J connectivity index is 0.000000449. The summed E-state index contributed by atoms with van der Waals surface area (Å²) in [4.78, 5) is 70.0. The van der Waals surface area contributed by atoms with Gasteiger partial charge in [-0.3, -0.25) is 19.3 Å². The Morgan fingerprint density at radius 2 is 0.898 bits per heavy atom. The van der Waals surface area contributed by atoms with Crippen molar-refractivity contribution in [3.63, 3.8) is 0 Å². The van der Waals surface area contributed by atoms with E-state index in [-0.39, 0.29) is 60.0 Å². The van der Waals surface area contributed by atoms with Crippen molar-refractivity contribution >= 4 is 103 Å². The highest BCUT2D eigenvalue weighted by molar-refractivity contribution is 14.1. The van der Waals surface area contributed by atoms with Crippen LogP contribution in [-0.4, -0.2) is 104 Å². The molecule has 0 aliphatic carbocycles. The molecule has 582 valence electrons. The predicted molar refractivity (Wildman–Crippen MR) is 452 cm³/mol. The summed E-state index contributed by atoms with van der Waals surface area (Å²) in [7, 11) is 0. The Kier molecular flexibility index (Phi) is 45.6. The van der Waals surface area contributed by atoms with Gasteiger partial charge >= 0.3 is 23.9 Å². The van der Waals surface area contributed by atoms with E-state index in [0.717, 1.165) is 48.7 Å². The molecule has 8 aromatic rings. The summed E-state index contributed by atoms with van der Waals surface area (Å²) in [5.74, 6) is 1.31. The number of phenols is 3. The molecule has 17 nitrogen and oxygen atoms in total. The normalized spacial score (nSPS) is 10.8. The van der Waals surface area contributed by atoms with Crippen molar-refractivity contribution in [2.75, 3.05) is 26.2 Å². The summed E-state index contributed by atoms with van der Waals surface area (Å²) in [6.07, 6.45) is 6.37. The standard InChI is InChI=1S/C22H34N2O5.C20H22O3.C13H11IO.C13H18O3.C7H7Br.C7H12O2.C6H5IO/c1-16(25)6-7-18-8-9-20(27)19(12-18)14-24(11-10-23-13-17(2)26)15-21(28)29-22(3,4)5;1-20(2,3)23-19(21)14-11-16-9-12-18(13-10-16)22-15-17-7-5-4-6-8-17;14-12-6-8-13(9-7-12)15-10-11-4-2-1-3-5-11;1-13(2,3)16-12(15)9-6-10-4-7-11(14)8-5-10;8-6-7-4-2-1-3-5-7;1-5-6(8)9-7(2,3)4;7-5-1-3-6(8)4-2-5/h8-9,12,23,27H,6-7,10-11,13-15H2,1-5H3;4-14H,15H2,1-3H3;1-9H,10H2;4-5,7-8,14H,6,9H2,1-3H3;1-5H,6H2;5H,1H2,2-4H3;1-4,8H/b;14-11-;;;;;. The van der Waals surface area contributed by atoms with E-state index in [1.807, 2.05) is 221 Å². The first-order chi connectivity index (χ1) is 50.8. The maximum Gasteiger partial charge on any atom is 0.331 e. The number of hydrogen-bond donors (Lipinski definition) is 4. The number of carbonyl (C=O) groups is 6. The number of Topliss-reactive ketones (excluding diaryl/α,β-unsaturated/α-hetero) is 2. The second-order valence-electron chi connectivity index (χ2n) is 28.4. The van der Waals surface area contributed by atoms with Crippen molar-refractivity contribution in [2.24, 2.45) is 0 Å². The molecule has 0 atom stereocenters. The molecule has 0 saturated heterocycles. The fourth-order valence-electron chi connectivity index (χ4n) is 8.60. The average Bonchev–Trinajstić information content (AvgIpc) is 0.857. The molecule has 0 fully saturated rings. The Hall–Kier alpha value is -8.68. The molecule has 20 heteroatoms. The lowest BCUT2D eigenvalue weighted by molar-refractivity contribution is -0.156. The van der Waals surface area contributed by atoms with E-state index in [2.05, 4.69) is 97.3 Å². The molecule has 8 aromatic carbocycles. The van der Waals surface area contributed by atoms with Crippen LogP contribution < -0.4 is 14.8 Å². The van der Waals surface area contributed by atoms with E-state index >= 15 is 0 Å². The topological polar surface area (TPSA) is 234 Å².